The Balaban J connectivity index is 2.99. The highest BCUT2D eigenvalue weighted by atomic mass is 19.2. The summed E-state index contributed by atoms with van der Waals surface area (Å²) in [7, 11) is 1.81. The van der Waals surface area contributed by atoms with Crippen LogP contribution in [0.1, 0.15) is 31.9 Å². The van der Waals surface area contributed by atoms with Crippen LogP contribution in [0.5, 0.6) is 0 Å². The first-order valence-electron chi connectivity index (χ1n) is 6.45. The maximum absolute atomic E-state index is 13.8. The van der Waals surface area contributed by atoms with Crippen molar-refractivity contribution in [3.8, 4) is 0 Å². The van der Waals surface area contributed by atoms with Gasteiger partial charge in [0.15, 0.2) is 11.6 Å². The summed E-state index contributed by atoms with van der Waals surface area (Å²) in [6.07, 6.45) is 0.988. The molecule has 0 saturated heterocycles. The maximum atomic E-state index is 13.8. The van der Waals surface area contributed by atoms with Gasteiger partial charge in [-0.3, -0.25) is 4.90 Å². The van der Waals surface area contributed by atoms with Gasteiger partial charge in [-0.15, -0.1) is 0 Å². The predicted octanol–water partition coefficient (Wildman–Crippen LogP) is 3.08. The third-order valence-corrected chi connectivity index (χ3v) is 3.45. The van der Waals surface area contributed by atoms with Crippen LogP contribution in [-0.2, 0) is 0 Å². The molecular formula is C14H21F3N2. The van der Waals surface area contributed by atoms with Crippen LogP contribution in [0.15, 0.2) is 12.1 Å². The molecule has 2 unspecified atom stereocenters. The Morgan fingerprint density at radius 3 is 2.26 bits per heavy atom. The number of benzene rings is 1. The van der Waals surface area contributed by atoms with Gasteiger partial charge >= 0.3 is 0 Å². The molecule has 5 heteroatoms. The fraction of sp³-hybridized carbons (Fsp3) is 0.571. The van der Waals surface area contributed by atoms with Gasteiger partial charge in [0, 0.05) is 30.8 Å². The van der Waals surface area contributed by atoms with E-state index in [0.717, 1.165) is 19.0 Å². The molecule has 2 atom stereocenters. The summed E-state index contributed by atoms with van der Waals surface area (Å²) < 4.78 is 39.9. The summed E-state index contributed by atoms with van der Waals surface area (Å²) in [4.78, 5) is 1.88. The summed E-state index contributed by atoms with van der Waals surface area (Å²) in [5.74, 6) is -2.56. The lowest BCUT2D eigenvalue weighted by atomic mass is 10.0. The van der Waals surface area contributed by atoms with Crippen LogP contribution in [0.25, 0.3) is 0 Å². The van der Waals surface area contributed by atoms with Crippen molar-refractivity contribution in [2.45, 2.75) is 26.3 Å². The first-order valence-corrected chi connectivity index (χ1v) is 6.45. The molecule has 19 heavy (non-hydrogen) atoms. The third-order valence-electron chi connectivity index (χ3n) is 3.45. The van der Waals surface area contributed by atoms with E-state index in [4.69, 9.17) is 5.73 Å². The predicted molar refractivity (Wildman–Crippen MR) is 70.2 cm³/mol. The van der Waals surface area contributed by atoms with Gasteiger partial charge in [0.05, 0.1) is 0 Å². The standard InChI is InChI=1S/C14H21F3N2/c1-4-9(2)8-19(3)14(7-18)10-5-12(16)13(17)6-11(10)15/h5-6,9,14H,4,7-8,18H2,1-3H3. The van der Waals surface area contributed by atoms with Gasteiger partial charge in [0.2, 0.25) is 0 Å². The summed E-state index contributed by atoms with van der Waals surface area (Å²) in [5, 5.41) is 0. The second-order valence-corrected chi connectivity index (χ2v) is 4.99. The van der Waals surface area contributed by atoms with Crippen LogP contribution in [0.2, 0.25) is 0 Å². The van der Waals surface area contributed by atoms with E-state index in [1.54, 1.807) is 0 Å². The molecule has 0 fully saturated rings. The molecule has 2 nitrogen and oxygen atoms in total. The Bertz CT molecular complexity index is 423. The minimum atomic E-state index is -1.18. The molecule has 0 aliphatic heterocycles. The van der Waals surface area contributed by atoms with Crippen LogP contribution in [0, 0.1) is 23.4 Å². The average molecular weight is 274 g/mol. The van der Waals surface area contributed by atoms with Gasteiger partial charge < -0.3 is 5.73 Å². The molecule has 0 radical (unpaired) electrons. The zero-order valence-electron chi connectivity index (χ0n) is 11.6. The van der Waals surface area contributed by atoms with Gasteiger partial charge in [-0.25, -0.2) is 13.2 Å². The van der Waals surface area contributed by atoms with Crippen molar-refractivity contribution >= 4 is 0 Å². The van der Waals surface area contributed by atoms with Crippen LogP contribution >= 0.6 is 0 Å². The van der Waals surface area contributed by atoms with Gasteiger partial charge in [-0.1, -0.05) is 20.3 Å². The highest BCUT2D eigenvalue weighted by Gasteiger charge is 2.22. The lowest BCUT2D eigenvalue weighted by Gasteiger charge is -2.29. The van der Waals surface area contributed by atoms with E-state index in [1.165, 1.54) is 0 Å². The van der Waals surface area contributed by atoms with Crippen LogP contribution in [0.4, 0.5) is 13.2 Å². The Labute approximate surface area is 112 Å². The van der Waals surface area contributed by atoms with E-state index in [-0.39, 0.29) is 12.1 Å². The molecule has 0 amide bonds. The molecule has 1 aromatic rings. The average Bonchev–Trinajstić information content (AvgIpc) is 2.36. The highest BCUT2D eigenvalue weighted by Crippen LogP contribution is 2.24. The van der Waals surface area contributed by atoms with Crippen molar-refractivity contribution < 1.29 is 13.2 Å². The molecule has 0 aromatic heterocycles. The Hall–Kier alpha value is -1.07. The van der Waals surface area contributed by atoms with Gasteiger partial charge in [0.25, 0.3) is 0 Å². The minimum Gasteiger partial charge on any atom is -0.329 e. The zero-order valence-corrected chi connectivity index (χ0v) is 11.6. The van der Waals surface area contributed by atoms with Crippen molar-refractivity contribution in [3.05, 3.63) is 35.1 Å². The van der Waals surface area contributed by atoms with Gasteiger partial charge in [-0.05, 0) is 19.0 Å². The molecule has 0 saturated carbocycles. The first kappa shape index (κ1) is 16.0. The summed E-state index contributed by atoms with van der Waals surface area (Å²) in [6, 6.07) is 1.02. The van der Waals surface area contributed by atoms with Crippen LogP contribution in [-0.4, -0.2) is 25.0 Å². The molecule has 108 valence electrons. The van der Waals surface area contributed by atoms with E-state index < -0.39 is 23.5 Å². The number of hydrogen-bond acceptors (Lipinski definition) is 2. The molecule has 0 bridgehead atoms. The molecule has 0 heterocycles. The first-order chi connectivity index (χ1) is 8.90. The Morgan fingerprint density at radius 2 is 1.74 bits per heavy atom. The van der Waals surface area contributed by atoms with Crippen LogP contribution in [0.3, 0.4) is 0 Å². The molecule has 1 aromatic carbocycles. The van der Waals surface area contributed by atoms with E-state index >= 15 is 0 Å². The monoisotopic (exact) mass is 274 g/mol. The van der Waals surface area contributed by atoms with E-state index in [1.807, 2.05) is 11.9 Å². The van der Waals surface area contributed by atoms with Gasteiger partial charge in [-0.2, -0.15) is 0 Å². The largest absolute Gasteiger partial charge is 0.329 e. The van der Waals surface area contributed by atoms with Crippen LogP contribution < -0.4 is 5.73 Å². The number of rotatable bonds is 6. The number of nitrogens with zero attached hydrogens (tertiary/aromatic N) is 1. The minimum absolute atomic E-state index is 0.104. The maximum Gasteiger partial charge on any atom is 0.161 e. The summed E-state index contributed by atoms with van der Waals surface area (Å²) in [6.45, 7) is 5.01. The quantitative estimate of drug-likeness (QED) is 0.808. The fourth-order valence-electron chi connectivity index (χ4n) is 2.09. The smallest absolute Gasteiger partial charge is 0.161 e. The normalized spacial score (nSPS) is 14.7. The van der Waals surface area contributed by atoms with Crippen molar-refractivity contribution in [2.24, 2.45) is 11.7 Å². The molecule has 0 spiro atoms. The SMILES string of the molecule is CCC(C)CN(C)C(CN)c1cc(F)c(F)cc1F. The summed E-state index contributed by atoms with van der Waals surface area (Å²) in [5.41, 5.74) is 5.76. The second-order valence-electron chi connectivity index (χ2n) is 4.99. The lowest BCUT2D eigenvalue weighted by molar-refractivity contribution is 0.210. The lowest BCUT2D eigenvalue weighted by Crippen LogP contribution is -2.34. The molecule has 2 N–H and O–H groups in total. The third kappa shape index (κ3) is 3.94. The molecule has 0 aliphatic rings. The van der Waals surface area contributed by atoms with E-state index in [0.29, 0.717) is 12.0 Å². The zero-order chi connectivity index (χ0) is 14.6. The van der Waals surface area contributed by atoms with E-state index in [9.17, 15) is 13.2 Å². The summed E-state index contributed by atoms with van der Waals surface area (Å²) >= 11 is 0. The molecule has 1 rings (SSSR count). The molecular weight excluding hydrogens is 253 g/mol. The Morgan fingerprint density at radius 1 is 1.16 bits per heavy atom. The van der Waals surface area contributed by atoms with Crippen molar-refractivity contribution in [1.29, 1.82) is 0 Å². The number of halogens is 3. The van der Waals surface area contributed by atoms with E-state index in [2.05, 4.69) is 13.8 Å². The Kier molecular flexibility index (Phi) is 5.82. The van der Waals surface area contributed by atoms with Crippen molar-refractivity contribution in [2.75, 3.05) is 20.1 Å². The van der Waals surface area contributed by atoms with Gasteiger partial charge in [0.1, 0.15) is 5.82 Å². The van der Waals surface area contributed by atoms with Crippen molar-refractivity contribution in [1.82, 2.24) is 4.90 Å². The molecule has 0 aliphatic carbocycles. The second kappa shape index (κ2) is 6.91. The van der Waals surface area contributed by atoms with Crippen molar-refractivity contribution in [3.63, 3.8) is 0 Å². The topological polar surface area (TPSA) is 29.3 Å². The number of nitrogens with two attached hydrogens (primary N) is 1. The highest BCUT2D eigenvalue weighted by molar-refractivity contribution is 5.24. The number of likely N-dealkylation sites (N-methyl/N-ethyl adjacent to an activating group) is 1. The fourth-order valence-corrected chi connectivity index (χ4v) is 2.09. The number of hydrogen-bond donors (Lipinski definition) is 1.